The molecule has 3 aliphatic rings. The Hall–Kier alpha value is -4.76. The predicted octanol–water partition coefficient (Wildman–Crippen LogP) is 4.72. The zero-order valence-electron chi connectivity index (χ0n) is 30.6. The molecule has 286 valence electrons. The van der Waals surface area contributed by atoms with Crippen LogP contribution < -0.4 is 16.4 Å². The van der Waals surface area contributed by atoms with Crippen molar-refractivity contribution in [3.8, 4) is 11.3 Å². The van der Waals surface area contributed by atoms with Gasteiger partial charge in [0.25, 0.3) is 5.91 Å². The molecule has 1 amide bonds. The van der Waals surface area contributed by atoms with Crippen LogP contribution in [0.25, 0.3) is 11.3 Å². The molecule has 3 fully saturated rings. The summed E-state index contributed by atoms with van der Waals surface area (Å²) >= 11 is 0. The van der Waals surface area contributed by atoms with Crippen molar-refractivity contribution in [3.05, 3.63) is 90.3 Å². The van der Waals surface area contributed by atoms with Crippen LogP contribution in [0.2, 0.25) is 0 Å². The number of ether oxygens (including phenoxy) is 2. The summed E-state index contributed by atoms with van der Waals surface area (Å²) in [6.45, 7) is 9.52. The third-order valence-electron chi connectivity index (χ3n) is 10.8. The summed E-state index contributed by atoms with van der Waals surface area (Å²) in [7, 11) is 0. The average Bonchev–Trinajstić information content (AvgIpc) is 3.70. The van der Waals surface area contributed by atoms with E-state index in [1.165, 1.54) is 43.3 Å². The second-order valence-corrected chi connectivity index (χ2v) is 14.5. The number of esters is 1. The molecule has 3 aliphatic heterocycles. The van der Waals surface area contributed by atoms with Crippen molar-refractivity contribution in [1.29, 1.82) is 0 Å². The number of nitrogen functional groups attached to an aromatic ring is 1. The molecule has 7 rings (SSSR count). The molecule has 3 saturated heterocycles. The molecular formula is C40H50FN9O4. The number of carbonyl (C=O) groups excluding carboxylic acids is 2. The summed E-state index contributed by atoms with van der Waals surface area (Å²) in [5.74, 6) is -1.35. The van der Waals surface area contributed by atoms with Gasteiger partial charge in [-0.15, -0.1) is 0 Å². The van der Waals surface area contributed by atoms with Gasteiger partial charge in [0.1, 0.15) is 5.82 Å². The molecule has 0 radical (unpaired) electrons. The number of likely N-dealkylation sites (tertiary alicyclic amines) is 2. The molecule has 5 heterocycles. The molecule has 2 aromatic heterocycles. The summed E-state index contributed by atoms with van der Waals surface area (Å²) in [4.78, 5) is 40.7. The molecule has 1 atom stereocenters. The molecule has 0 aliphatic carbocycles. The Balaban J connectivity index is 0.906. The van der Waals surface area contributed by atoms with E-state index in [0.29, 0.717) is 28.6 Å². The number of piperidine rings is 3. The number of anilines is 2. The summed E-state index contributed by atoms with van der Waals surface area (Å²) in [5.41, 5.74) is 7.80. The SMILES string of the molecule is Nc1ncc(-c2cnn(C3CCN(CC4CCN(CCOC5CCNCC5)CC4)CC3)c2)nc1C(=O)O[C@@H](C(=O)Nc1ccc(F)cc1)c1ccccc1. The lowest BCUT2D eigenvalue weighted by Gasteiger charge is -2.37. The monoisotopic (exact) mass is 739 g/mol. The van der Waals surface area contributed by atoms with E-state index in [9.17, 15) is 14.0 Å². The van der Waals surface area contributed by atoms with Crippen LogP contribution in [0.5, 0.6) is 0 Å². The first-order valence-corrected chi connectivity index (χ1v) is 19.1. The van der Waals surface area contributed by atoms with Crippen LogP contribution in [0.3, 0.4) is 0 Å². The third-order valence-corrected chi connectivity index (χ3v) is 10.8. The number of benzene rings is 2. The van der Waals surface area contributed by atoms with E-state index in [4.69, 9.17) is 15.2 Å². The lowest BCUT2D eigenvalue weighted by atomic mass is 9.94. The van der Waals surface area contributed by atoms with Crippen LogP contribution in [0, 0.1) is 11.7 Å². The van der Waals surface area contributed by atoms with Crippen molar-refractivity contribution in [1.82, 2.24) is 34.9 Å². The number of carbonyl (C=O) groups is 2. The van der Waals surface area contributed by atoms with Crippen molar-refractivity contribution in [3.63, 3.8) is 0 Å². The van der Waals surface area contributed by atoms with E-state index in [2.05, 4.69) is 35.5 Å². The van der Waals surface area contributed by atoms with E-state index in [1.54, 1.807) is 36.5 Å². The fraction of sp³-hybridized carbons (Fsp3) is 0.475. The number of aromatic nitrogens is 4. The number of halogens is 1. The smallest absolute Gasteiger partial charge is 0.361 e. The standard InChI is InChI=1S/C40H50FN9O4/c41-31-6-8-32(9-7-31)46-39(51)37(29-4-2-1-3-5-29)54-40(52)36-38(42)44-25-35(47-36)30-24-45-50(27-30)33-14-20-49(21-15-33)26-28-12-18-48(19-13-28)22-23-53-34-10-16-43-17-11-34/h1-9,24-25,27-28,33-34,37,43H,10-23,26H2,(H2,42,44)(H,46,51)/t37-/m1/s1. The van der Waals surface area contributed by atoms with Crippen LogP contribution in [-0.2, 0) is 14.3 Å². The van der Waals surface area contributed by atoms with Crippen molar-refractivity contribution in [2.75, 3.05) is 70.0 Å². The molecule has 54 heavy (non-hydrogen) atoms. The molecule has 2 aromatic carbocycles. The number of nitrogens with two attached hydrogens (primary N) is 1. The number of amides is 1. The van der Waals surface area contributed by atoms with Gasteiger partial charge in [-0.2, -0.15) is 5.10 Å². The van der Waals surface area contributed by atoms with Crippen molar-refractivity contribution >= 4 is 23.4 Å². The Labute approximate surface area is 315 Å². The second kappa shape index (κ2) is 18.0. The number of rotatable bonds is 13. The fourth-order valence-corrected chi connectivity index (χ4v) is 7.60. The Bertz CT molecular complexity index is 1820. The predicted molar refractivity (Wildman–Crippen MR) is 203 cm³/mol. The fourth-order valence-electron chi connectivity index (χ4n) is 7.60. The van der Waals surface area contributed by atoms with Crippen LogP contribution in [-0.4, -0.2) is 106 Å². The van der Waals surface area contributed by atoms with Gasteiger partial charge < -0.3 is 35.6 Å². The number of hydrogen-bond donors (Lipinski definition) is 3. The first-order chi connectivity index (χ1) is 26.4. The minimum Gasteiger partial charge on any atom is -0.442 e. The molecule has 0 unspecified atom stereocenters. The zero-order chi connectivity index (χ0) is 37.3. The molecule has 0 bridgehead atoms. The van der Waals surface area contributed by atoms with Gasteiger partial charge in [0.05, 0.1) is 36.8 Å². The van der Waals surface area contributed by atoms with E-state index in [1.807, 2.05) is 10.9 Å². The quantitative estimate of drug-likeness (QED) is 0.164. The lowest BCUT2D eigenvalue weighted by Crippen LogP contribution is -2.42. The Kier molecular flexibility index (Phi) is 12.5. The normalized spacial score (nSPS) is 18.7. The highest BCUT2D eigenvalue weighted by Gasteiger charge is 2.29. The third kappa shape index (κ3) is 9.85. The highest BCUT2D eigenvalue weighted by atomic mass is 19.1. The van der Waals surface area contributed by atoms with E-state index in [0.717, 1.165) is 90.6 Å². The van der Waals surface area contributed by atoms with Gasteiger partial charge >= 0.3 is 5.97 Å². The Morgan fingerprint density at radius 1 is 0.926 bits per heavy atom. The molecule has 4 N–H and O–H groups in total. The van der Waals surface area contributed by atoms with Gasteiger partial charge in [0.2, 0.25) is 6.10 Å². The summed E-state index contributed by atoms with van der Waals surface area (Å²) < 4.78 is 27.3. The minimum atomic E-state index is -1.33. The topological polar surface area (TPSA) is 153 Å². The van der Waals surface area contributed by atoms with E-state index in [-0.39, 0.29) is 17.6 Å². The average molecular weight is 740 g/mol. The number of nitrogens with one attached hydrogen (secondary N) is 2. The largest absolute Gasteiger partial charge is 0.442 e. The van der Waals surface area contributed by atoms with Gasteiger partial charge in [-0.05, 0) is 94.9 Å². The Morgan fingerprint density at radius 3 is 2.39 bits per heavy atom. The summed E-state index contributed by atoms with van der Waals surface area (Å²) in [6, 6.07) is 14.2. The number of nitrogens with zero attached hydrogens (tertiary/aromatic N) is 6. The van der Waals surface area contributed by atoms with Crippen LogP contribution in [0.4, 0.5) is 15.9 Å². The first-order valence-electron chi connectivity index (χ1n) is 19.1. The van der Waals surface area contributed by atoms with E-state index < -0.39 is 23.8 Å². The van der Waals surface area contributed by atoms with Crippen molar-refractivity contribution < 1.29 is 23.5 Å². The lowest BCUT2D eigenvalue weighted by molar-refractivity contribution is -0.125. The summed E-state index contributed by atoms with van der Waals surface area (Å²) in [5, 5.41) is 10.7. The van der Waals surface area contributed by atoms with Crippen molar-refractivity contribution in [2.45, 2.75) is 56.8 Å². The van der Waals surface area contributed by atoms with Gasteiger partial charge in [-0.1, -0.05) is 30.3 Å². The zero-order valence-corrected chi connectivity index (χ0v) is 30.6. The maximum absolute atomic E-state index is 13.5. The molecular weight excluding hydrogens is 689 g/mol. The van der Waals surface area contributed by atoms with Crippen LogP contribution in [0.15, 0.2) is 73.2 Å². The van der Waals surface area contributed by atoms with E-state index >= 15 is 0 Å². The molecule has 4 aromatic rings. The first kappa shape index (κ1) is 37.6. The van der Waals surface area contributed by atoms with Gasteiger partial charge in [-0.25, -0.2) is 19.2 Å². The minimum absolute atomic E-state index is 0.124. The van der Waals surface area contributed by atoms with Gasteiger partial charge in [-0.3, -0.25) is 9.48 Å². The molecule has 13 nitrogen and oxygen atoms in total. The Morgan fingerprint density at radius 2 is 1.65 bits per heavy atom. The highest BCUT2D eigenvalue weighted by Crippen LogP contribution is 2.28. The van der Waals surface area contributed by atoms with Crippen LogP contribution in [0.1, 0.15) is 66.7 Å². The number of hydrogen-bond acceptors (Lipinski definition) is 11. The van der Waals surface area contributed by atoms with Gasteiger partial charge in [0.15, 0.2) is 11.5 Å². The molecule has 0 saturated carbocycles. The maximum atomic E-state index is 13.5. The highest BCUT2D eigenvalue weighted by molar-refractivity contribution is 5.99. The summed E-state index contributed by atoms with van der Waals surface area (Å²) in [6.07, 6.45) is 11.0. The maximum Gasteiger partial charge on any atom is 0.361 e. The molecule has 0 spiro atoms. The second-order valence-electron chi connectivity index (χ2n) is 14.5. The van der Waals surface area contributed by atoms with Crippen LogP contribution >= 0.6 is 0 Å². The molecule has 14 heteroatoms. The van der Waals surface area contributed by atoms with Crippen molar-refractivity contribution in [2.24, 2.45) is 5.92 Å². The van der Waals surface area contributed by atoms with Gasteiger partial charge in [0, 0.05) is 49.2 Å².